The molecule has 102 valence electrons. The van der Waals surface area contributed by atoms with E-state index in [1.807, 2.05) is 31.3 Å². The lowest BCUT2D eigenvalue weighted by molar-refractivity contribution is 0.328. The van der Waals surface area contributed by atoms with Gasteiger partial charge in [0.15, 0.2) is 0 Å². The lowest BCUT2D eigenvalue weighted by atomic mass is 10.2. The van der Waals surface area contributed by atoms with Crippen LogP contribution in [0.2, 0.25) is 0 Å². The minimum Gasteiger partial charge on any atom is -0.476 e. The molecule has 0 unspecified atom stereocenters. The van der Waals surface area contributed by atoms with Gasteiger partial charge in [-0.3, -0.25) is 0 Å². The fourth-order valence-corrected chi connectivity index (χ4v) is 2.25. The van der Waals surface area contributed by atoms with Crippen LogP contribution < -0.4 is 10.1 Å². The Labute approximate surface area is 117 Å². The van der Waals surface area contributed by atoms with Gasteiger partial charge in [-0.2, -0.15) is 0 Å². The topological polar surface area (TPSA) is 49.9 Å². The highest BCUT2D eigenvalue weighted by atomic mass is 16.5. The molecule has 0 saturated carbocycles. The van der Waals surface area contributed by atoms with Crippen LogP contribution in [0.1, 0.15) is 12.5 Å². The maximum atomic E-state index is 5.51. The lowest BCUT2D eigenvalue weighted by Crippen LogP contribution is -2.03. The van der Waals surface area contributed by atoms with Gasteiger partial charge in [-0.15, -0.1) is 0 Å². The minimum atomic E-state index is 0.610. The van der Waals surface area contributed by atoms with Crippen LogP contribution in [0, 0.1) is 0 Å². The van der Waals surface area contributed by atoms with Crippen molar-refractivity contribution < 1.29 is 4.74 Å². The van der Waals surface area contributed by atoms with Crippen molar-refractivity contribution in [2.45, 2.75) is 13.5 Å². The molecular formula is C16H17N3O. The minimum absolute atomic E-state index is 0.610. The number of hydrogen-bond acceptors (Lipinski definition) is 3. The van der Waals surface area contributed by atoms with Crippen molar-refractivity contribution in [1.29, 1.82) is 0 Å². The van der Waals surface area contributed by atoms with Crippen molar-refractivity contribution in [1.82, 2.24) is 9.97 Å². The monoisotopic (exact) mass is 267 g/mol. The number of H-pyrrole nitrogens is 1. The molecule has 0 bridgehead atoms. The summed E-state index contributed by atoms with van der Waals surface area (Å²) in [4.78, 5) is 7.52. The van der Waals surface area contributed by atoms with Gasteiger partial charge in [0, 0.05) is 29.8 Å². The van der Waals surface area contributed by atoms with E-state index in [-0.39, 0.29) is 0 Å². The highest BCUT2D eigenvalue weighted by Gasteiger charge is 2.06. The van der Waals surface area contributed by atoms with Gasteiger partial charge in [0.05, 0.1) is 12.3 Å². The maximum Gasteiger partial charge on any atom is 0.237 e. The van der Waals surface area contributed by atoms with E-state index in [0.29, 0.717) is 12.5 Å². The van der Waals surface area contributed by atoms with Crippen LogP contribution in [-0.4, -0.2) is 16.6 Å². The zero-order chi connectivity index (χ0) is 13.8. The van der Waals surface area contributed by atoms with Gasteiger partial charge in [-0.05, 0) is 30.7 Å². The molecule has 4 nitrogen and oxygen atoms in total. The fraction of sp³-hybridized carbons (Fsp3) is 0.188. The predicted octanol–water partition coefficient (Wildman–Crippen LogP) is 3.57. The fourth-order valence-electron chi connectivity index (χ4n) is 2.25. The van der Waals surface area contributed by atoms with E-state index in [4.69, 9.17) is 4.74 Å². The molecule has 0 aliphatic rings. The van der Waals surface area contributed by atoms with E-state index >= 15 is 0 Å². The smallest absolute Gasteiger partial charge is 0.237 e. The molecule has 0 radical (unpaired) electrons. The summed E-state index contributed by atoms with van der Waals surface area (Å²) in [6.07, 6.45) is 3.77. The Balaban J connectivity index is 1.80. The van der Waals surface area contributed by atoms with Gasteiger partial charge in [0.1, 0.15) is 0 Å². The third kappa shape index (κ3) is 2.45. The van der Waals surface area contributed by atoms with Gasteiger partial charge >= 0.3 is 0 Å². The van der Waals surface area contributed by atoms with E-state index in [1.165, 1.54) is 10.9 Å². The third-order valence-corrected chi connectivity index (χ3v) is 3.20. The Morgan fingerprint density at radius 2 is 2.10 bits per heavy atom. The summed E-state index contributed by atoms with van der Waals surface area (Å²) in [6.45, 7) is 3.30. The first kappa shape index (κ1) is 12.5. The Morgan fingerprint density at radius 3 is 3.00 bits per heavy atom. The molecule has 0 atom stereocenters. The predicted molar refractivity (Wildman–Crippen MR) is 81.0 cm³/mol. The van der Waals surface area contributed by atoms with Crippen molar-refractivity contribution in [3.05, 3.63) is 54.4 Å². The molecule has 2 aromatic heterocycles. The first-order chi connectivity index (χ1) is 9.88. The average Bonchev–Trinajstić information content (AvgIpc) is 2.90. The first-order valence-corrected chi connectivity index (χ1v) is 6.75. The number of aromatic amines is 1. The summed E-state index contributed by atoms with van der Waals surface area (Å²) in [5.41, 5.74) is 3.30. The number of rotatable bonds is 5. The SMILES string of the molecule is CCOc1ncccc1NCc1c[nH]c2ccccc12. The second-order valence-corrected chi connectivity index (χ2v) is 4.50. The van der Waals surface area contributed by atoms with Crippen molar-refractivity contribution >= 4 is 16.6 Å². The molecule has 2 heterocycles. The summed E-state index contributed by atoms with van der Waals surface area (Å²) < 4.78 is 5.51. The van der Waals surface area contributed by atoms with E-state index in [1.54, 1.807) is 6.20 Å². The van der Waals surface area contributed by atoms with E-state index < -0.39 is 0 Å². The van der Waals surface area contributed by atoms with Crippen LogP contribution in [0.25, 0.3) is 10.9 Å². The average molecular weight is 267 g/mol. The molecule has 3 rings (SSSR count). The number of hydrogen-bond donors (Lipinski definition) is 2. The van der Waals surface area contributed by atoms with Crippen molar-refractivity contribution in [2.75, 3.05) is 11.9 Å². The van der Waals surface area contributed by atoms with Crippen molar-refractivity contribution in [3.63, 3.8) is 0 Å². The normalized spacial score (nSPS) is 10.7. The second kappa shape index (κ2) is 5.65. The molecule has 4 heteroatoms. The molecule has 20 heavy (non-hydrogen) atoms. The van der Waals surface area contributed by atoms with Crippen LogP contribution >= 0.6 is 0 Å². The molecule has 2 N–H and O–H groups in total. The summed E-state index contributed by atoms with van der Waals surface area (Å²) in [7, 11) is 0. The van der Waals surface area contributed by atoms with Gasteiger partial charge < -0.3 is 15.0 Å². The quantitative estimate of drug-likeness (QED) is 0.743. The summed E-state index contributed by atoms with van der Waals surface area (Å²) in [5.74, 6) is 0.648. The number of benzene rings is 1. The number of nitrogens with one attached hydrogen (secondary N) is 2. The molecule has 0 fully saturated rings. The van der Waals surface area contributed by atoms with Crippen LogP contribution in [0.5, 0.6) is 5.88 Å². The second-order valence-electron chi connectivity index (χ2n) is 4.50. The standard InChI is InChI=1S/C16H17N3O/c1-2-20-16-15(8-5-9-17-16)19-11-12-10-18-14-7-4-3-6-13(12)14/h3-10,18-19H,2,11H2,1H3. The summed E-state index contributed by atoms with van der Waals surface area (Å²) in [6, 6.07) is 12.2. The van der Waals surface area contributed by atoms with Gasteiger partial charge in [0.2, 0.25) is 5.88 Å². The van der Waals surface area contributed by atoms with Crippen LogP contribution in [0.4, 0.5) is 5.69 Å². The maximum absolute atomic E-state index is 5.51. The molecule has 0 amide bonds. The Morgan fingerprint density at radius 1 is 1.20 bits per heavy atom. The highest BCUT2D eigenvalue weighted by Crippen LogP contribution is 2.23. The molecule has 1 aromatic carbocycles. The van der Waals surface area contributed by atoms with E-state index in [2.05, 4.69) is 33.5 Å². The Hall–Kier alpha value is -2.49. The number of nitrogens with zero attached hydrogens (tertiary/aromatic N) is 1. The lowest BCUT2D eigenvalue weighted by Gasteiger charge is -2.10. The van der Waals surface area contributed by atoms with Gasteiger partial charge in [0.25, 0.3) is 0 Å². The molecule has 3 aromatic rings. The van der Waals surface area contributed by atoms with E-state index in [9.17, 15) is 0 Å². The number of aromatic nitrogens is 2. The zero-order valence-electron chi connectivity index (χ0n) is 11.4. The van der Waals surface area contributed by atoms with Crippen LogP contribution in [0.3, 0.4) is 0 Å². The molecule has 0 saturated heterocycles. The highest BCUT2D eigenvalue weighted by molar-refractivity contribution is 5.83. The molecular weight excluding hydrogens is 250 g/mol. The van der Waals surface area contributed by atoms with Crippen LogP contribution in [-0.2, 0) is 6.54 Å². The van der Waals surface area contributed by atoms with Gasteiger partial charge in [-0.1, -0.05) is 18.2 Å². The Kier molecular flexibility index (Phi) is 3.54. The van der Waals surface area contributed by atoms with Crippen molar-refractivity contribution in [2.24, 2.45) is 0 Å². The molecule has 0 spiro atoms. The number of fused-ring (bicyclic) bond motifs is 1. The van der Waals surface area contributed by atoms with E-state index in [0.717, 1.165) is 17.7 Å². The Bertz CT molecular complexity index is 706. The third-order valence-electron chi connectivity index (χ3n) is 3.20. The van der Waals surface area contributed by atoms with Crippen molar-refractivity contribution in [3.8, 4) is 5.88 Å². The molecule has 0 aliphatic carbocycles. The number of anilines is 1. The number of pyridine rings is 1. The van der Waals surface area contributed by atoms with Gasteiger partial charge in [-0.25, -0.2) is 4.98 Å². The first-order valence-electron chi connectivity index (χ1n) is 6.75. The largest absolute Gasteiger partial charge is 0.476 e. The summed E-state index contributed by atoms with van der Waals surface area (Å²) >= 11 is 0. The number of ether oxygens (including phenoxy) is 1. The van der Waals surface area contributed by atoms with Crippen LogP contribution in [0.15, 0.2) is 48.8 Å². The number of para-hydroxylation sites is 1. The zero-order valence-corrected chi connectivity index (χ0v) is 11.4. The summed E-state index contributed by atoms with van der Waals surface area (Å²) in [5, 5.41) is 4.62. The molecule has 0 aliphatic heterocycles.